The quantitative estimate of drug-likeness (QED) is 0.515. The van der Waals surface area contributed by atoms with E-state index in [1.165, 1.54) is 4.31 Å². The van der Waals surface area contributed by atoms with Crippen LogP contribution < -0.4 is 4.72 Å². The van der Waals surface area contributed by atoms with Crippen LogP contribution in [0.4, 0.5) is 0 Å². The van der Waals surface area contributed by atoms with E-state index in [2.05, 4.69) is 4.72 Å². The molecule has 0 saturated heterocycles. The lowest BCUT2D eigenvalue weighted by molar-refractivity contribution is -0.146. The Morgan fingerprint density at radius 2 is 1.88 bits per heavy atom. The van der Waals surface area contributed by atoms with Crippen molar-refractivity contribution < 1.29 is 23.4 Å². The van der Waals surface area contributed by atoms with Crippen LogP contribution in [0.1, 0.15) is 20.3 Å². The van der Waals surface area contributed by atoms with Crippen molar-refractivity contribution in [1.29, 1.82) is 0 Å². The van der Waals surface area contributed by atoms with Crippen molar-refractivity contribution in [3.05, 3.63) is 0 Å². The molecule has 0 rings (SSSR count). The highest BCUT2D eigenvalue weighted by Crippen LogP contribution is 1.97. The van der Waals surface area contributed by atoms with Gasteiger partial charge in [0.25, 0.3) is 10.2 Å². The van der Waals surface area contributed by atoms with Crippen molar-refractivity contribution in [2.45, 2.75) is 26.4 Å². The molecule has 96 valence electrons. The summed E-state index contributed by atoms with van der Waals surface area (Å²) in [6, 6.07) is 0. The Bertz CT molecular complexity index is 312. The van der Waals surface area contributed by atoms with Gasteiger partial charge in [0.2, 0.25) is 0 Å². The molecule has 0 aromatic heterocycles. The number of nitrogens with zero attached hydrogens (tertiary/aromatic N) is 1. The molecule has 0 aliphatic heterocycles. The second kappa shape index (κ2) is 6.79. The maximum atomic E-state index is 11.5. The number of carboxylic acids is 1. The Morgan fingerprint density at radius 3 is 2.25 bits per heavy atom. The summed E-state index contributed by atoms with van der Waals surface area (Å²) in [7, 11) is -3.56. The van der Waals surface area contributed by atoms with E-state index >= 15 is 0 Å². The first-order valence-corrected chi connectivity index (χ1v) is 6.44. The summed E-state index contributed by atoms with van der Waals surface area (Å²) in [5.74, 6) is -1.36. The van der Waals surface area contributed by atoms with Crippen molar-refractivity contribution >= 4 is 16.2 Å². The number of hydrogen-bond acceptors (Lipinski definition) is 4. The lowest BCUT2D eigenvalue weighted by Crippen LogP contribution is -2.41. The summed E-state index contributed by atoms with van der Waals surface area (Å²) < 4.78 is 26.5. The predicted molar refractivity (Wildman–Crippen MR) is 58.1 cm³/mol. The molecule has 7 nitrogen and oxygen atoms in total. The fourth-order valence-corrected chi connectivity index (χ4v) is 2.34. The van der Waals surface area contributed by atoms with Crippen LogP contribution in [0, 0.1) is 0 Å². The molecule has 8 heteroatoms. The van der Waals surface area contributed by atoms with Gasteiger partial charge >= 0.3 is 5.97 Å². The Labute approximate surface area is 95.2 Å². The van der Waals surface area contributed by atoms with Crippen LogP contribution in [0.5, 0.6) is 0 Å². The smallest absolute Gasteiger partial charge is 0.332 e. The minimum absolute atomic E-state index is 0.105. The topological polar surface area (TPSA) is 107 Å². The second-order valence-electron chi connectivity index (χ2n) is 3.13. The molecule has 0 bridgehead atoms. The first-order valence-electron chi connectivity index (χ1n) is 5.00. The number of nitrogens with one attached hydrogen (secondary N) is 1. The van der Waals surface area contributed by atoms with Gasteiger partial charge in [0.1, 0.15) is 0 Å². The maximum Gasteiger partial charge on any atom is 0.332 e. The Balaban J connectivity index is 4.15. The van der Waals surface area contributed by atoms with E-state index in [4.69, 9.17) is 10.2 Å². The molecular formula is C8H18N2O5S. The van der Waals surface area contributed by atoms with Gasteiger partial charge in [-0.2, -0.15) is 12.7 Å². The van der Waals surface area contributed by atoms with Gasteiger partial charge in [-0.3, -0.25) is 0 Å². The molecule has 0 radical (unpaired) electrons. The molecule has 0 aliphatic carbocycles. The lowest BCUT2D eigenvalue weighted by atomic mass is 10.3. The maximum absolute atomic E-state index is 11.5. The van der Waals surface area contributed by atoms with E-state index in [0.717, 1.165) is 0 Å². The average molecular weight is 254 g/mol. The highest BCUT2D eigenvalue weighted by molar-refractivity contribution is 7.87. The number of hydrogen-bond donors (Lipinski definition) is 3. The second-order valence-corrected chi connectivity index (χ2v) is 4.88. The fourth-order valence-electron chi connectivity index (χ4n) is 1.10. The molecule has 0 saturated carbocycles. The van der Waals surface area contributed by atoms with Crippen LogP contribution in [0.2, 0.25) is 0 Å². The molecule has 0 aromatic carbocycles. The van der Waals surface area contributed by atoms with Crippen molar-refractivity contribution in [2.75, 3.05) is 19.6 Å². The number of carboxylic acid groups (broad SMARTS) is 1. The number of rotatable bonds is 8. The molecule has 0 aliphatic rings. The summed E-state index contributed by atoms with van der Waals surface area (Å²) in [5.41, 5.74) is 0. The number of carbonyl (C=O) groups is 1. The monoisotopic (exact) mass is 254 g/mol. The highest BCUT2D eigenvalue weighted by atomic mass is 32.2. The van der Waals surface area contributed by atoms with E-state index in [9.17, 15) is 13.2 Å². The molecule has 16 heavy (non-hydrogen) atoms. The summed E-state index contributed by atoms with van der Waals surface area (Å²) in [6.45, 7) is 3.98. The minimum Gasteiger partial charge on any atom is -0.479 e. The molecule has 0 aromatic rings. The number of aliphatic hydroxyl groups is 1. The number of aliphatic hydroxyl groups excluding tert-OH is 1. The van der Waals surface area contributed by atoms with E-state index in [1.54, 1.807) is 13.8 Å². The summed E-state index contributed by atoms with van der Waals surface area (Å²) in [5, 5.41) is 17.3. The van der Waals surface area contributed by atoms with E-state index < -0.39 is 22.3 Å². The van der Waals surface area contributed by atoms with Crippen LogP contribution in [0.25, 0.3) is 0 Å². The summed E-state index contributed by atoms with van der Waals surface area (Å²) in [4.78, 5) is 10.3. The Hall–Kier alpha value is -0.700. The molecule has 0 spiro atoms. The average Bonchev–Trinajstić information content (AvgIpc) is 2.18. The summed E-state index contributed by atoms with van der Waals surface area (Å²) >= 11 is 0. The normalized spacial score (nSPS) is 14.0. The third-order valence-corrected chi connectivity index (χ3v) is 3.80. The highest BCUT2D eigenvalue weighted by Gasteiger charge is 2.19. The molecule has 3 N–H and O–H groups in total. The zero-order valence-corrected chi connectivity index (χ0v) is 10.2. The molecule has 0 heterocycles. The molecule has 0 fully saturated rings. The van der Waals surface area contributed by atoms with Crippen LogP contribution >= 0.6 is 0 Å². The van der Waals surface area contributed by atoms with Gasteiger partial charge in [-0.1, -0.05) is 13.8 Å². The van der Waals surface area contributed by atoms with E-state index in [-0.39, 0.29) is 13.0 Å². The largest absolute Gasteiger partial charge is 0.479 e. The molecule has 0 unspecified atom stereocenters. The van der Waals surface area contributed by atoms with Crippen LogP contribution in [0.15, 0.2) is 0 Å². The van der Waals surface area contributed by atoms with Gasteiger partial charge in [0, 0.05) is 19.6 Å². The van der Waals surface area contributed by atoms with Crippen LogP contribution in [-0.4, -0.2) is 54.6 Å². The van der Waals surface area contributed by atoms with Gasteiger partial charge in [0.15, 0.2) is 6.10 Å². The van der Waals surface area contributed by atoms with Crippen molar-refractivity contribution in [1.82, 2.24) is 9.03 Å². The van der Waals surface area contributed by atoms with Gasteiger partial charge in [0.05, 0.1) is 0 Å². The first kappa shape index (κ1) is 15.3. The Morgan fingerprint density at radius 1 is 1.38 bits per heavy atom. The molecule has 0 amide bonds. The van der Waals surface area contributed by atoms with Gasteiger partial charge in [-0.15, -0.1) is 0 Å². The molecular weight excluding hydrogens is 236 g/mol. The van der Waals surface area contributed by atoms with E-state index in [0.29, 0.717) is 13.1 Å². The first-order chi connectivity index (χ1) is 7.35. The van der Waals surface area contributed by atoms with Crippen LogP contribution in [0.3, 0.4) is 0 Å². The van der Waals surface area contributed by atoms with Gasteiger partial charge in [-0.25, -0.2) is 9.52 Å². The molecule has 1 atom stereocenters. The SMILES string of the molecule is CCN(CC)S(=O)(=O)NCC[C@H](O)C(=O)O. The third-order valence-electron chi connectivity index (χ3n) is 2.03. The van der Waals surface area contributed by atoms with E-state index in [1.807, 2.05) is 0 Å². The van der Waals surface area contributed by atoms with Crippen molar-refractivity contribution in [2.24, 2.45) is 0 Å². The summed E-state index contributed by atoms with van der Waals surface area (Å²) in [6.07, 6.45) is -1.70. The standard InChI is InChI=1S/C8H18N2O5S/c1-3-10(4-2)16(14,15)9-6-5-7(11)8(12)13/h7,9,11H,3-6H2,1-2H3,(H,12,13)/t7-/m0/s1. The zero-order valence-electron chi connectivity index (χ0n) is 9.38. The fraction of sp³-hybridized carbons (Fsp3) is 0.875. The van der Waals surface area contributed by atoms with Crippen LogP contribution in [-0.2, 0) is 15.0 Å². The minimum atomic E-state index is -3.56. The van der Waals surface area contributed by atoms with Crippen molar-refractivity contribution in [3.8, 4) is 0 Å². The van der Waals surface area contributed by atoms with Gasteiger partial charge in [-0.05, 0) is 6.42 Å². The van der Waals surface area contributed by atoms with Crippen molar-refractivity contribution in [3.63, 3.8) is 0 Å². The third kappa shape index (κ3) is 4.88. The zero-order chi connectivity index (χ0) is 12.8. The lowest BCUT2D eigenvalue weighted by Gasteiger charge is -2.18. The van der Waals surface area contributed by atoms with Gasteiger partial charge < -0.3 is 10.2 Å². The Kier molecular flexibility index (Phi) is 6.49. The number of aliphatic carboxylic acids is 1. The predicted octanol–water partition coefficient (Wildman–Crippen LogP) is -1.00.